The van der Waals surface area contributed by atoms with E-state index in [1.54, 1.807) is 0 Å². The first kappa shape index (κ1) is 19.5. The number of hydrogen-bond donors (Lipinski definition) is 0. The van der Waals surface area contributed by atoms with E-state index in [0.717, 1.165) is 19.6 Å². The molecule has 4 fully saturated rings. The van der Waals surface area contributed by atoms with Crippen molar-refractivity contribution >= 4 is 5.91 Å². The minimum absolute atomic E-state index is 0.199. The minimum Gasteiger partial charge on any atom is -0.341 e. The van der Waals surface area contributed by atoms with E-state index in [1.165, 1.54) is 32.1 Å². The van der Waals surface area contributed by atoms with Crippen LogP contribution in [-0.4, -0.2) is 53.6 Å². The average Bonchev–Trinajstić information content (AvgIpc) is 2.64. The van der Waals surface area contributed by atoms with E-state index < -0.39 is 12.1 Å². The monoisotopic (exact) mass is 386 g/mol. The summed E-state index contributed by atoms with van der Waals surface area (Å²) in [7, 11) is 0. The Balaban J connectivity index is 1.45. The molecule has 4 rings (SSSR count). The second-order valence-electron chi connectivity index (χ2n) is 9.64. The third-order valence-corrected chi connectivity index (χ3v) is 7.84. The number of rotatable bonds is 2. The lowest BCUT2D eigenvalue weighted by Gasteiger charge is -2.61. The van der Waals surface area contributed by atoms with Gasteiger partial charge < -0.3 is 4.90 Å². The molecule has 0 aromatic carbocycles. The van der Waals surface area contributed by atoms with Crippen LogP contribution in [0.1, 0.15) is 71.1 Å². The van der Waals surface area contributed by atoms with Gasteiger partial charge in [-0.3, -0.25) is 9.69 Å². The normalized spacial score (nSPS) is 37.0. The summed E-state index contributed by atoms with van der Waals surface area (Å²) < 4.78 is 39.2. The molecule has 2 heterocycles. The first-order chi connectivity index (χ1) is 12.8. The third kappa shape index (κ3) is 3.75. The van der Waals surface area contributed by atoms with Crippen LogP contribution in [0.3, 0.4) is 0 Å². The van der Waals surface area contributed by atoms with Crippen LogP contribution < -0.4 is 0 Å². The van der Waals surface area contributed by atoms with Crippen LogP contribution in [0.15, 0.2) is 0 Å². The summed E-state index contributed by atoms with van der Waals surface area (Å²) in [4.78, 5) is 16.6. The Morgan fingerprint density at radius 1 is 1.00 bits per heavy atom. The number of likely N-dealkylation sites (tertiary alicyclic amines) is 2. The summed E-state index contributed by atoms with van der Waals surface area (Å²) in [5.41, 5.74) is 0.199. The number of halogens is 3. The van der Waals surface area contributed by atoms with Gasteiger partial charge in [0.15, 0.2) is 0 Å². The van der Waals surface area contributed by atoms with Crippen molar-refractivity contribution in [3.05, 3.63) is 0 Å². The molecule has 2 aliphatic carbocycles. The summed E-state index contributed by atoms with van der Waals surface area (Å²) in [5.74, 6) is -0.189. The van der Waals surface area contributed by atoms with Gasteiger partial charge >= 0.3 is 6.18 Å². The van der Waals surface area contributed by atoms with Crippen molar-refractivity contribution in [1.82, 2.24) is 9.80 Å². The molecule has 27 heavy (non-hydrogen) atoms. The molecule has 1 spiro atoms. The van der Waals surface area contributed by atoms with Crippen molar-refractivity contribution in [1.29, 1.82) is 0 Å². The van der Waals surface area contributed by atoms with Gasteiger partial charge in [-0.05, 0) is 50.9 Å². The predicted molar refractivity (Wildman–Crippen MR) is 98.2 cm³/mol. The van der Waals surface area contributed by atoms with Crippen molar-refractivity contribution in [3.63, 3.8) is 0 Å². The Kier molecular flexibility index (Phi) is 5.23. The molecule has 2 atom stereocenters. The highest BCUT2D eigenvalue weighted by atomic mass is 19.4. The molecular formula is C21H33F3N2O. The van der Waals surface area contributed by atoms with Gasteiger partial charge in [0, 0.05) is 43.6 Å². The maximum atomic E-state index is 13.1. The van der Waals surface area contributed by atoms with Crippen LogP contribution in [0, 0.1) is 17.3 Å². The lowest BCUT2D eigenvalue weighted by molar-refractivity contribution is -0.188. The first-order valence-electron chi connectivity index (χ1n) is 10.9. The first-order valence-corrected chi connectivity index (χ1v) is 10.9. The summed E-state index contributed by atoms with van der Waals surface area (Å²) in [6.07, 6.45) is 4.67. The standard InChI is InChI=1S/C21H33F3N2O/c1-2-19(27)25-12-20(13-25)11-15-5-3-4-6-18(15)26(14-20)17-9-7-16(8-10-17)21(22,23)24/h15-18H,2-14H2,1H3. The molecule has 2 saturated heterocycles. The molecule has 0 bridgehead atoms. The smallest absolute Gasteiger partial charge is 0.341 e. The summed E-state index contributed by atoms with van der Waals surface area (Å²) in [6, 6.07) is 0.870. The highest BCUT2D eigenvalue weighted by molar-refractivity contribution is 5.76. The van der Waals surface area contributed by atoms with Crippen molar-refractivity contribution < 1.29 is 18.0 Å². The van der Waals surface area contributed by atoms with E-state index >= 15 is 0 Å². The molecule has 0 N–H and O–H groups in total. The van der Waals surface area contributed by atoms with E-state index in [4.69, 9.17) is 0 Å². The van der Waals surface area contributed by atoms with Gasteiger partial charge in [0.2, 0.25) is 5.91 Å². The number of fused-ring (bicyclic) bond motifs is 1. The van der Waals surface area contributed by atoms with Crippen LogP contribution >= 0.6 is 0 Å². The number of hydrogen-bond acceptors (Lipinski definition) is 2. The maximum absolute atomic E-state index is 13.1. The summed E-state index contributed by atoms with van der Waals surface area (Å²) >= 11 is 0. The van der Waals surface area contributed by atoms with Crippen molar-refractivity contribution in [3.8, 4) is 0 Å². The van der Waals surface area contributed by atoms with Crippen molar-refractivity contribution in [2.24, 2.45) is 17.3 Å². The summed E-state index contributed by atoms with van der Waals surface area (Å²) in [5, 5.41) is 0. The Hall–Kier alpha value is -0.780. The number of carbonyl (C=O) groups excluding carboxylic acids is 1. The van der Waals surface area contributed by atoms with E-state index in [1.807, 2.05) is 11.8 Å². The predicted octanol–water partition coefficient (Wildman–Crippen LogP) is 4.61. The zero-order chi connectivity index (χ0) is 19.2. The molecule has 1 amide bonds. The SMILES string of the molecule is CCC(=O)N1CC2(CC3CCCCC3N(C3CCC(C(F)(F)F)CC3)C2)C1. The number of nitrogens with zero attached hydrogens (tertiary/aromatic N) is 2. The fraction of sp³-hybridized carbons (Fsp3) is 0.952. The van der Waals surface area contributed by atoms with Crippen LogP contribution in [0.2, 0.25) is 0 Å². The Morgan fingerprint density at radius 3 is 2.30 bits per heavy atom. The molecule has 3 nitrogen and oxygen atoms in total. The molecule has 2 unspecified atom stereocenters. The van der Waals surface area contributed by atoms with Crippen LogP contribution in [0.5, 0.6) is 0 Å². The Morgan fingerprint density at radius 2 is 1.67 bits per heavy atom. The van der Waals surface area contributed by atoms with Gasteiger partial charge in [0.25, 0.3) is 0 Å². The van der Waals surface area contributed by atoms with Gasteiger partial charge in [0.05, 0.1) is 5.92 Å². The Bertz CT molecular complexity index is 550. The molecule has 154 valence electrons. The summed E-state index contributed by atoms with van der Waals surface area (Å²) in [6.45, 7) is 4.62. The average molecular weight is 387 g/mol. The lowest BCUT2D eigenvalue weighted by Crippen LogP contribution is -2.69. The van der Waals surface area contributed by atoms with Gasteiger partial charge in [0.1, 0.15) is 0 Å². The van der Waals surface area contributed by atoms with Crippen molar-refractivity contribution in [2.45, 2.75) is 89.4 Å². The van der Waals surface area contributed by atoms with Crippen LogP contribution in [0.4, 0.5) is 13.2 Å². The van der Waals surface area contributed by atoms with Gasteiger partial charge in [-0.1, -0.05) is 19.8 Å². The molecule has 2 saturated carbocycles. The highest BCUT2D eigenvalue weighted by Gasteiger charge is 2.54. The van der Waals surface area contributed by atoms with Crippen LogP contribution in [0.25, 0.3) is 0 Å². The van der Waals surface area contributed by atoms with Gasteiger partial charge in [-0.15, -0.1) is 0 Å². The fourth-order valence-corrected chi connectivity index (χ4v) is 6.52. The van der Waals surface area contributed by atoms with E-state index in [2.05, 4.69) is 4.90 Å². The molecule has 0 aromatic rings. The molecule has 0 aromatic heterocycles. The molecular weight excluding hydrogens is 353 g/mol. The molecule has 0 radical (unpaired) electrons. The van der Waals surface area contributed by atoms with Crippen LogP contribution in [-0.2, 0) is 4.79 Å². The van der Waals surface area contributed by atoms with Gasteiger partial charge in [-0.2, -0.15) is 13.2 Å². The van der Waals surface area contributed by atoms with Crippen molar-refractivity contribution in [2.75, 3.05) is 19.6 Å². The Labute approximate surface area is 160 Å². The van der Waals surface area contributed by atoms with Gasteiger partial charge in [-0.25, -0.2) is 0 Å². The number of carbonyl (C=O) groups is 1. The van der Waals surface area contributed by atoms with E-state index in [0.29, 0.717) is 37.3 Å². The lowest BCUT2D eigenvalue weighted by atomic mass is 9.63. The quantitative estimate of drug-likeness (QED) is 0.692. The largest absolute Gasteiger partial charge is 0.391 e. The molecule has 6 heteroatoms. The highest BCUT2D eigenvalue weighted by Crippen LogP contribution is 2.50. The number of amides is 1. The topological polar surface area (TPSA) is 23.6 Å². The second kappa shape index (κ2) is 7.23. The maximum Gasteiger partial charge on any atom is 0.391 e. The fourth-order valence-electron chi connectivity index (χ4n) is 6.52. The minimum atomic E-state index is -4.03. The van der Waals surface area contributed by atoms with E-state index in [-0.39, 0.29) is 24.2 Å². The number of alkyl halides is 3. The van der Waals surface area contributed by atoms with E-state index in [9.17, 15) is 18.0 Å². The number of piperidine rings is 1. The molecule has 4 aliphatic rings. The zero-order valence-electron chi connectivity index (χ0n) is 16.4. The third-order valence-electron chi connectivity index (χ3n) is 7.84. The zero-order valence-corrected chi connectivity index (χ0v) is 16.4. The second-order valence-corrected chi connectivity index (χ2v) is 9.64. The molecule has 2 aliphatic heterocycles.